The van der Waals surface area contributed by atoms with E-state index in [4.69, 9.17) is 11.5 Å². The molecule has 0 radical (unpaired) electrons. The first kappa shape index (κ1) is 15.8. The number of carbonyl (C=O) groups excluding carboxylic acids is 2. The predicted octanol–water partition coefficient (Wildman–Crippen LogP) is -0.179. The SMILES string of the molecule is C#CCC(NC(=O)NCCCC(=O)NC1CC1)C(=O)O. The van der Waals surface area contributed by atoms with E-state index in [1.165, 1.54) is 0 Å². The van der Waals surface area contributed by atoms with Crippen molar-refractivity contribution in [3.05, 3.63) is 0 Å². The van der Waals surface area contributed by atoms with Gasteiger partial charge in [-0.15, -0.1) is 12.3 Å². The average Bonchev–Trinajstić information content (AvgIpc) is 3.18. The van der Waals surface area contributed by atoms with E-state index in [0.717, 1.165) is 12.8 Å². The molecule has 0 aromatic rings. The fraction of sp³-hybridized carbons (Fsp3) is 0.615. The molecule has 7 heteroatoms. The van der Waals surface area contributed by atoms with E-state index in [-0.39, 0.29) is 12.3 Å². The molecule has 0 saturated heterocycles. The second-order valence-corrected chi connectivity index (χ2v) is 4.64. The Morgan fingerprint density at radius 1 is 1.35 bits per heavy atom. The van der Waals surface area contributed by atoms with Gasteiger partial charge in [-0.2, -0.15) is 0 Å². The van der Waals surface area contributed by atoms with E-state index in [1.54, 1.807) is 0 Å². The summed E-state index contributed by atoms with van der Waals surface area (Å²) in [7, 11) is 0. The zero-order valence-corrected chi connectivity index (χ0v) is 11.1. The minimum atomic E-state index is -1.18. The molecule has 1 fully saturated rings. The predicted molar refractivity (Wildman–Crippen MR) is 71.8 cm³/mol. The van der Waals surface area contributed by atoms with E-state index in [0.29, 0.717) is 25.4 Å². The Balaban J connectivity index is 2.10. The van der Waals surface area contributed by atoms with E-state index in [1.807, 2.05) is 0 Å². The maximum atomic E-state index is 11.4. The van der Waals surface area contributed by atoms with Gasteiger partial charge in [0.05, 0.1) is 0 Å². The van der Waals surface area contributed by atoms with Gasteiger partial charge in [-0.25, -0.2) is 9.59 Å². The van der Waals surface area contributed by atoms with Gasteiger partial charge in [0, 0.05) is 25.4 Å². The maximum absolute atomic E-state index is 11.4. The molecule has 1 saturated carbocycles. The molecule has 0 aliphatic heterocycles. The monoisotopic (exact) mass is 281 g/mol. The standard InChI is InChI=1S/C13H19N3O4/c1-2-4-10(12(18)19)16-13(20)14-8-3-5-11(17)15-9-6-7-9/h1,9-10H,3-8H2,(H,15,17)(H,18,19)(H2,14,16,20). The van der Waals surface area contributed by atoms with Crippen molar-refractivity contribution in [3.8, 4) is 12.3 Å². The number of rotatable bonds is 8. The second kappa shape index (κ2) is 8.04. The number of hydrogen-bond acceptors (Lipinski definition) is 3. The normalized spacial score (nSPS) is 14.8. The Kier molecular flexibility index (Phi) is 6.37. The van der Waals surface area contributed by atoms with Crippen molar-refractivity contribution in [2.75, 3.05) is 6.54 Å². The highest BCUT2D eigenvalue weighted by molar-refractivity contribution is 5.82. The average molecular weight is 281 g/mol. The molecule has 7 nitrogen and oxygen atoms in total. The zero-order valence-electron chi connectivity index (χ0n) is 11.1. The van der Waals surface area contributed by atoms with Crippen LogP contribution in [0.5, 0.6) is 0 Å². The van der Waals surface area contributed by atoms with Crippen molar-refractivity contribution in [2.45, 2.75) is 44.2 Å². The number of amides is 3. The van der Waals surface area contributed by atoms with Crippen LogP contribution in [-0.2, 0) is 9.59 Å². The molecule has 1 aliphatic carbocycles. The first-order chi connectivity index (χ1) is 9.52. The highest BCUT2D eigenvalue weighted by atomic mass is 16.4. The third kappa shape index (κ3) is 6.64. The molecule has 0 spiro atoms. The second-order valence-electron chi connectivity index (χ2n) is 4.64. The molecular formula is C13H19N3O4. The van der Waals surface area contributed by atoms with Gasteiger partial charge >= 0.3 is 12.0 Å². The fourth-order valence-corrected chi connectivity index (χ4v) is 1.51. The van der Waals surface area contributed by atoms with Gasteiger partial charge in [-0.1, -0.05) is 0 Å². The summed E-state index contributed by atoms with van der Waals surface area (Å²) in [6.45, 7) is 0.298. The Morgan fingerprint density at radius 3 is 2.60 bits per heavy atom. The molecule has 0 aromatic carbocycles. The zero-order chi connectivity index (χ0) is 15.0. The van der Waals surface area contributed by atoms with E-state index in [9.17, 15) is 14.4 Å². The van der Waals surface area contributed by atoms with Crippen molar-refractivity contribution in [1.29, 1.82) is 0 Å². The molecule has 0 bridgehead atoms. The smallest absolute Gasteiger partial charge is 0.327 e. The van der Waals surface area contributed by atoms with Crippen LogP contribution in [0.15, 0.2) is 0 Å². The lowest BCUT2D eigenvalue weighted by molar-refractivity contribution is -0.139. The molecule has 110 valence electrons. The minimum absolute atomic E-state index is 0.0227. The summed E-state index contributed by atoms with van der Waals surface area (Å²) in [5.41, 5.74) is 0. The molecule has 20 heavy (non-hydrogen) atoms. The summed E-state index contributed by atoms with van der Waals surface area (Å²) < 4.78 is 0. The van der Waals surface area contributed by atoms with Crippen molar-refractivity contribution in [1.82, 2.24) is 16.0 Å². The fourth-order valence-electron chi connectivity index (χ4n) is 1.51. The summed E-state index contributed by atoms with van der Waals surface area (Å²) in [5, 5.41) is 16.4. The van der Waals surface area contributed by atoms with Crippen LogP contribution in [0.3, 0.4) is 0 Å². The molecule has 1 atom stereocenters. The van der Waals surface area contributed by atoms with E-state index < -0.39 is 18.0 Å². The van der Waals surface area contributed by atoms with Gasteiger partial charge in [0.2, 0.25) is 5.91 Å². The number of carboxylic acids is 1. The topological polar surface area (TPSA) is 108 Å². The lowest BCUT2D eigenvalue weighted by Gasteiger charge is -2.12. The van der Waals surface area contributed by atoms with Gasteiger partial charge < -0.3 is 21.1 Å². The largest absolute Gasteiger partial charge is 0.480 e. The number of terminal acetylenes is 1. The van der Waals surface area contributed by atoms with Gasteiger partial charge in [0.15, 0.2) is 0 Å². The van der Waals surface area contributed by atoms with Crippen molar-refractivity contribution in [3.63, 3.8) is 0 Å². The van der Waals surface area contributed by atoms with E-state index >= 15 is 0 Å². The highest BCUT2D eigenvalue weighted by Gasteiger charge is 2.22. The third-order valence-electron chi connectivity index (χ3n) is 2.73. The quantitative estimate of drug-likeness (QED) is 0.365. The van der Waals surface area contributed by atoms with Crippen molar-refractivity contribution < 1.29 is 19.5 Å². The first-order valence-corrected chi connectivity index (χ1v) is 6.53. The van der Waals surface area contributed by atoms with Crippen molar-refractivity contribution in [2.24, 2.45) is 0 Å². The summed E-state index contributed by atoms with van der Waals surface area (Å²) in [4.78, 5) is 33.5. The van der Waals surface area contributed by atoms with Crippen LogP contribution in [0.25, 0.3) is 0 Å². The first-order valence-electron chi connectivity index (χ1n) is 6.53. The Labute approximate surface area is 117 Å². The summed E-state index contributed by atoms with van der Waals surface area (Å²) >= 11 is 0. The van der Waals surface area contributed by atoms with Crippen LogP contribution >= 0.6 is 0 Å². The van der Waals surface area contributed by atoms with E-state index in [2.05, 4.69) is 21.9 Å². The van der Waals surface area contributed by atoms with Gasteiger partial charge in [-0.3, -0.25) is 4.79 Å². The Hall–Kier alpha value is -2.23. The molecule has 4 N–H and O–H groups in total. The molecule has 1 unspecified atom stereocenters. The van der Waals surface area contributed by atoms with Crippen LogP contribution < -0.4 is 16.0 Å². The number of hydrogen-bond donors (Lipinski definition) is 4. The number of urea groups is 1. The molecule has 1 aliphatic rings. The summed E-state index contributed by atoms with van der Waals surface area (Å²) in [6.07, 6.45) is 7.85. The third-order valence-corrected chi connectivity index (χ3v) is 2.73. The maximum Gasteiger partial charge on any atom is 0.327 e. The van der Waals surface area contributed by atoms with Crippen molar-refractivity contribution >= 4 is 17.9 Å². The number of carboxylic acid groups (broad SMARTS) is 1. The molecular weight excluding hydrogens is 262 g/mol. The lowest BCUT2D eigenvalue weighted by atomic mass is 10.2. The number of nitrogens with one attached hydrogen (secondary N) is 3. The Morgan fingerprint density at radius 2 is 2.05 bits per heavy atom. The number of carbonyl (C=O) groups is 3. The number of aliphatic carboxylic acids is 1. The van der Waals surface area contributed by atoms with Crippen LogP contribution in [-0.4, -0.2) is 41.6 Å². The molecule has 0 aromatic heterocycles. The Bertz CT molecular complexity index is 412. The lowest BCUT2D eigenvalue weighted by Crippen LogP contribution is -2.46. The minimum Gasteiger partial charge on any atom is -0.480 e. The van der Waals surface area contributed by atoms with Gasteiger partial charge in [0.1, 0.15) is 6.04 Å². The molecule has 3 amide bonds. The molecule has 0 heterocycles. The summed E-state index contributed by atoms with van der Waals surface area (Å²) in [5.74, 6) is 0.983. The van der Waals surface area contributed by atoms with Crippen LogP contribution in [0, 0.1) is 12.3 Å². The van der Waals surface area contributed by atoms with Crippen LogP contribution in [0.4, 0.5) is 4.79 Å². The van der Waals surface area contributed by atoms with Gasteiger partial charge in [-0.05, 0) is 19.3 Å². The van der Waals surface area contributed by atoms with Crippen LogP contribution in [0.1, 0.15) is 32.1 Å². The van der Waals surface area contributed by atoms with Gasteiger partial charge in [0.25, 0.3) is 0 Å². The summed E-state index contributed by atoms with van der Waals surface area (Å²) in [6, 6.07) is -1.37. The van der Waals surface area contributed by atoms with Crippen LogP contribution in [0.2, 0.25) is 0 Å². The highest BCUT2D eigenvalue weighted by Crippen LogP contribution is 2.18. The molecule has 1 rings (SSSR count).